The average molecular weight is 649 g/mol. The molecule has 6 heteroatoms. The number of hydrogen-bond donors (Lipinski definition) is 0. The molecule has 0 radical (unpaired) electrons. The molecule has 0 aliphatic heterocycles. The Balaban J connectivity index is 2.07. The fraction of sp³-hybridized carbons (Fsp3) is 0.615. The first kappa shape index (κ1) is 26.6. The van der Waals surface area contributed by atoms with E-state index in [9.17, 15) is 9.59 Å². The molecule has 0 saturated heterocycles. The summed E-state index contributed by atoms with van der Waals surface area (Å²) in [5, 5.41) is 0. The van der Waals surface area contributed by atoms with E-state index in [0.717, 1.165) is 44.4 Å². The van der Waals surface area contributed by atoms with Gasteiger partial charge in [0.1, 0.15) is 0 Å². The maximum absolute atomic E-state index is 13.8. The van der Waals surface area contributed by atoms with Crippen molar-refractivity contribution in [1.29, 1.82) is 0 Å². The fourth-order valence-electron chi connectivity index (χ4n) is 4.74. The van der Waals surface area contributed by atoms with Gasteiger partial charge < -0.3 is 0 Å². The second-order valence-electron chi connectivity index (χ2n) is 9.00. The van der Waals surface area contributed by atoms with Crippen molar-refractivity contribution >= 4 is 69.3 Å². The van der Waals surface area contributed by atoms with E-state index >= 15 is 0 Å². The number of ketones is 2. The van der Waals surface area contributed by atoms with Crippen molar-refractivity contribution in [2.75, 3.05) is 0 Å². The molecule has 2 atom stereocenters. The fourth-order valence-corrected chi connectivity index (χ4v) is 11.1. The summed E-state index contributed by atoms with van der Waals surface area (Å²) in [5.41, 5.74) is 2.73. The number of hydrogen-bond acceptors (Lipinski definition) is 3. The average Bonchev–Trinajstić information content (AvgIpc) is 3.29. The van der Waals surface area contributed by atoms with Gasteiger partial charge in [-0.15, -0.1) is 0 Å². The van der Waals surface area contributed by atoms with Crippen molar-refractivity contribution in [3.63, 3.8) is 0 Å². The Bertz CT molecular complexity index is 902. The van der Waals surface area contributed by atoms with Crippen molar-refractivity contribution in [2.24, 2.45) is 11.8 Å². The summed E-state index contributed by atoms with van der Waals surface area (Å²) in [7, 11) is 0. The second-order valence-corrected chi connectivity index (χ2v) is 15.1. The minimum absolute atomic E-state index is 0.0715. The van der Waals surface area contributed by atoms with E-state index in [0.29, 0.717) is 23.0 Å². The normalized spacial score (nSPS) is 15.1. The summed E-state index contributed by atoms with van der Waals surface area (Å²) in [4.78, 5) is 27.5. The van der Waals surface area contributed by atoms with Gasteiger partial charge in [0.05, 0.1) is 0 Å². The van der Waals surface area contributed by atoms with Gasteiger partial charge in [0, 0.05) is 0 Å². The van der Waals surface area contributed by atoms with Gasteiger partial charge >= 0.3 is 221 Å². The van der Waals surface area contributed by atoms with Crippen LogP contribution >= 0.6 is 43.2 Å². The monoisotopic (exact) mass is 648 g/mol. The molecule has 0 fully saturated rings. The number of carbonyl (C=O) groups is 2. The first-order chi connectivity index (χ1) is 15.4. The van der Waals surface area contributed by atoms with Gasteiger partial charge in [-0.3, -0.25) is 0 Å². The molecule has 0 saturated carbocycles. The molecule has 176 valence electrons. The second kappa shape index (κ2) is 12.1. The molecule has 2 aromatic heterocycles. The number of thiophene rings is 1. The molecule has 2 aromatic rings. The molecule has 1 aliphatic rings. The van der Waals surface area contributed by atoms with Crippen LogP contribution in [-0.2, 0) is 12.8 Å². The number of rotatable bonds is 12. The molecule has 0 amide bonds. The summed E-state index contributed by atoms with van der Waals surface area (Å²) in [6, 6.07) is 0. The maximum atomic E-state index is 13.8. The molecular weight excluding hydrogens is 615 g/mol. The molecule has 32 heavy (non-hydrogen) atoms. The van der Waals surface area contributed by atoms with Crippen molar-refractivity contribution in [3.05, 3.63) is 38.7 Å². The van der Waals surface area contributed by atoms with E-state index in [1.807, 2.05) is 0 Å². The van der Waals surface area contributed by atoms with Gasteiger partial charge in [-0.2, -0.15) is 0 Å². The topological polar surface area (TPSA) is 34.1 Å². The number of fused-ring (bicyclic) bond motifs is 2. The summed E-state index contributed by atoms with van der Waals surface area (Å²) >= 11 is 8.68. The van der Waals surface area contributed by atoms with Crippen molar-refractivity contribution in [1.82, 2.24) is 0 Å². The van der Waals surface area contributed by atoms with Crippen LogP contribution in [0.2, 0.25) is 0 Å². The van der Waals surface area contributed by atoms with Crippen LogP contribution in [0, 0.1) is 11.8 Å². The van der Waals surface area contributed by atoms with E-state index in [4.69, 9.17) is 0 Å². The number of unbranched alkanes of at least 4 members (excludes halogenated alkanes) is 2. The van der Waals surface area contributed by atoms with Gasteiger partial charge in [0.2, 0.25) is 0 Å². The summed E-state index contributed by atoms with van der Waals surface area (Å²) in [6.07, 6.45) is 11.5. The van der Waals surface area contributed by atoms with Crippen LogP contribution in [0.1, 0.15) is 120 Å². The van der Waals surface area contributed by atoms with E-state index < -0.39 is 0 Å². The molecule has 0 N–H and O–H groups in total. The number of halogens is 2. The molecule has 0 bridgehead atoms. The Hall–Kier alpha value is -0.000519. The predicted molar refractivity (Wildman–Crippen MR) is 144 cm³/mol. The Morgan fingerprint density at radius 2 is 1.12 bits per heavy atom. The first-order valence-electron chi connectivity index (χ1n) is 12.1. The third-order valence-electron chi connectivity index (χ3n) is 6.82. The van der Waals surface area contributed by atoms with Crippen LogP contribution in [0.4, 0.5) is 0 Å². The minimum atomic E-state index is 0.0715. The zero-order chi connectivity index (χ0) is 23.4. The Labute approximate surface area is 220 Å². The molecule has 0 aromatic carbocycles. The van der Waals surface area contributed by atoms with Crippen LogP contribution in [0.25, 0.3) is 0 Å². The molecule has 1 aliphatic carbocycles. The summed E-state index contributed by atoms with van der Waals surface area (Å²) < 4.78 is 4.12. The van der Waals surface area contributed by atoms with Gasteiger partial charge in [0.15, 0.2) is 0 Å². The van der Waals surface area contributed by atoms with Crippen LogP contribution in [0.5, 0.6) is 0 Å². The standard InChI is InChI=1S/C26H34Br2O2SSe/c1-5-9-11-15(7-3)13-17-19-20(18(32-17)14-16(8-4)12-10-6-2)24(30)22-21(23(19)29)25(27)31-26(22)28/h15-16H,5-14H2,1-4H3. The van der Waals surface area contributed by atoms with Crippen LogP contribution in [0.3, 0.4) is 0 Å². The van der Waals surface area contributed by atoms with E-state index in [1.165, 1.54) is 58.7 Å². The zero-order valence-electron chi connectivity index (χ0n) is 19.6. The van der Waals surface area contributed by atoms with Gasteiger partial charge in [-0.1, -0.05) is 0 Å². The van der Waals surface area contributed by atoms with E-state index in [-0.39, 0.29) is 26.1 Å². The molecule has 2 heterocycles. The van der Waals surface area contributed by atoms with E-state index in [1.54, 1.807) is 0 Å². The van der Waals surface area contributed by atoms with Crippen molar-refractivity contribution in [2.45, 2.75) is 91.9 Å². The molecule has 2 unspecified atom stereocenters. The molecule has 0 spiro atoms. The Morgan fingerprint density at radius 3 is 1.47 bits per heavy atom. The predicted octanol–water partition coefficient (Wildman–Crippen LogP) is 8.62. The third kappa shape index (κ3) is 5.46. The summed E-state index contributed by atoms with van der Waals surface area (Å²) in [5.74, 6) is 1.34. The Kier molecular flexibility index (Phi) is 10.1. The van der Waals surface area contributed by atoms with Crippen LogP contribution < -0.4 is 0 Å². The van der Waals surface area contributed by atoms with Crippen molar-refractivity contribution in [3.8, 4) is 0 Å². The van der Waals surface area contributed by atoms with Gasteiger partial charge in [-0.05, 0) is 0 Å². The summed E-state index contributed by atoms with van der Waals surface area (Å²) in [6.45, 7) is 9.01. The van der Waals surface area contributed by atoms with Crippen molar-refractivity contribution < 1.29 is 9.59 Å². The SMILES string of the molecule is CCCCC(CC)Cc1[se]c(CC(CC)CCCC)c2c1C(=O)c1c(Br)sc(Br)c1C2=O. The third-order valence-corrected chi connectivity index (χ3v) is 11.9. The Morgan fingerprint density at radius 1 is 0.719 bits per heavy atom. The quantitative estimate of drug-likeness (QED) is 0.184. The van der Waals surface area contributed by atoms with Crippen LogP contribution in [-0.4, -0.2) is 26.1 Å². The molecule has 2 nitrogen and oxygen atoms in total. The van der Waals surface area contributed by atoms with Gasteiger partial charge in [-0.25, -0.2) is 0 Å². The van der Waals surface area contributed by atoms with Gasteiger partial charge in [0.25, 0.3) is 0 Å². The molecular formula is C26H34Br2O2SSe. The molecule has 3 rings (SSSR count). The zero-order valence-corrected chi connectivity index (χ0v) is 25.3. The number of carbonyl (C=O) groups excluding carboxylic acids is 2. The first-order valence-corrected chi connectivity index (χ1v) is 16.2. The van der Waals surface area contributed by atoms with Crippen LogP contribution in [0.15, 0.2) is 7.57 Å². The van der Waals surface area contributed by atoms with E-state index in [2.05, 4.69) is 59.6 Å².